The fourth-order valence-electron chi connectivity index (χ4n) is 3.00. The summed E-state index contributed by atoms with van der Waals surface area (Å²) in [7, 11) is 0. The van der Waals surface area contributed by atoms with Crippen molar-refractivity contribution >= 4 is 17.1 Å². The van der Waals surface area contributed by atoms with E-state index < -0.39 is 35.9 Å². The SMILES string of the molecule is CC1(C)OC[C@@H]2O[C@@H](n3cnc4c(=O)[nH]c(N)nc43)[C@@H](O)[C@@H]2O1. The summed E-state index contributed by atoms with van der Waals surface area (Å²) in [5, 5.41) is 10.6. The molecular weight excluding hydrogens is 306 g/mol. The van der Waals surface area contributed by atoms with Crippen LogP contribution >= 0.6 is 0 Å². The van der Waals surface area contributed by atoms with Crippen molar-refractivity contribution in [3.8, 4) is 0 Å². The molecule has 2 saturated heterocycles. The molecule has 0 unspecified atom stereocenters. The van der Waals surface area contributed by atoms with Gasteiger partial charge in [-0.25, -0.2) is 4.98 Å². The lowest BCUT2D eigenvalue weighted by Crippen LogP contribution is -2.50. The van der Waals surface area contributed by atoms with Gasteiger partial charge in [0, 0.05) is 0 Å². The van der Waals surface area contributed by atoms with Crippen molar-refractivity contribution in [3.05, 3.63) is 16.7 Å². The molecule has 0 saturated carbocycles. The summed E-state index contributed by atoms with van der Waals surface area (Å²) in [6.07, 6.45) is -1.31. The number of fused-ring (bicyclic) bond motifs is 2. The van der Waals surface area contributed by atoms with Crippen molar-refractivity contribution in [2.45, 2.75) is 44.2 Å². The molecule has 2 aliphatic heterocycles. The second-order valence-corrected chi connectivity index (χ2v) is 6.12. The molecule has 10 heteroatoms. The Morgan fingerprint density at radius 2 is 2.30 bits per heavy atom. The van der Waals surface area contributed by atoms with Crippen molar-refractivity contribution in [2.75, 3.05) is 12.3 Å². The van der Waals surface area contributed by atoms with Crippen molar-refractivity contribution in [3.63, 3.8) is 0 Å². The van der Waals surface area contributed by atoms with Gasteiger partial charge in [0.1, 0.15) is 18.3 Å². The number of rotatable bonds is 1. The Labute approximate surface area is 130 Å². The van der Waals surface area contributed by atoms with Crippen LogP contribution in [0.1, 0.15) is 20.1 Å². The molecule has 0 bridgehead atoms. The molecular formula is C13H17N5O5. The number of nitrogens with two attached hydrogens (primary N) is 1. The summed E-state index contributed by atoms with van der Waals surface area (Å²) in [6.45, 7) is 3.85. The van der Waals surface area contributed by atoms with Gasteiger partial charge in [-0.2, -0.15) is 4.98 Å². The topological polar surface area (TPSA) is 138 Å². The number of nitrogens with zero attached hydrogens (tertiary/aromatic N) is 3. The first-order chi connectivity index (χ1) is 10.9. The largest absolute Gasteiger partial charge is 0.386 e. The van der Waals surface area contributed by atoms with Gasteiger partial charge in [0.05, 0.1) is 12.9 Å². The van der Waals surface area contributed by atoms with Gasteiger partial charge in [-0.1, -0.05) is 0 Å². The number of hydrogen-bond acceptors (Lipinski definition) is 8. The van der Waals surface area contributed by atoms with Gasteiger partial charge in [-0.15, -0.1) is 0 Å². The second-order valence-electron chi connectivity index (χ2n) is 6.12. The number of aliphatic hydroxyl groups is 1. The molecule has 0 aliphatic carbocycles. The number of aromatic nitrogens is 4. The first kappa shape index (κ1) is 14.6. The number of imidazole rings is 1. The van der Waals surface area contributed by atoms with E-state index in [1.54, 1.807) is 13.8 Å². The summed E-state index contributed by atoms with van der Waals surface area (Å²) in [5.41, 5.74) is 5.51. The monoisotopic (exact) mass is 323 g/mol. The highest BCUT2D eigenvalue weighted by molar-refractivity contribution is 5.70. The van der Waals surface area contributed by atoms with E-state index >= 15 is 0 Å². The minimum Gasteiger partial charge on any atom is -0.386 e. The molecule has 0 amide bonds. The van der Waals surface area contributed by atoms with Gasteiger partial charge >= 0.3 is 0 Å². The van der Waals surface area contributed by atoms with Crippen LogP contribution in [0.2, 0.25) is 0 Å². The molecule has 4 N–H and O–H groups in total. The molecule has 0 radical (unpaired) electrons. The molecule has 4 atom stereocenters. The number of aromatic amines is 1. The minimum absolute atomic E-state index is 0.0325. The summed E-state index contributed by atoms with van der Waals surface area (Å²) < 4.78 is 18.6. The van der Waals surface area contributed by atoms with Gasteiger partial charge in [0.2, 0.25) is 5.95 Å². The van der Waals surface area contributed by atoms with Gasteiger partial charge < -0.3 is 25.1 Å². The Kier molecular flexibility index (Phi) is 3.00. The van der Waals surface area contributed by atoms with Crippen LogP contribution < -0.4 is 11.3 Å². The van der Waals surface area contributed by atoms with Crippen LogP contribution in [0.25, 0.3) is 11.2 Å². The van der Waals surface area contributed by atoms with Crippen LogP contribution in [0.3, 0.4) is 0 Å². The molecule has 0 spiro atoms. The molecule has 4 rings (SSSR count). The summed E-state index contributed by atoms with van der Waals surface area (Å²) in [6, 6.07) is 0. The predicted molar refractivity (Wildman–Crippen MR) is 77.4 cm³/mol. The molecule has 124 valence electrons. The third-order valence-corrected chi connectivity index (χ3v) is 4.05. The quantitative estimate of drug-likeness (QED) is 0.614. The van der Waals surface area contributed by atoms with E-state index in [-0.39, 0.29) is 17.1 Å². The molecule has 2 aromatic rings. The standard InChI is InChI=1S/C13H17N5O5/c1-13(2)21-3-5-8(23-13)7(19)11(22-5)18-4-15-6-9(18)16-12(14)17-10(6)20/h4-5,7-8,11,19H,3H2,1-2H3,(H3,14,16,17,20)/t5-,7-,8+,11+/m0/s1. The maximum atomic E-state index is 11.8. The van der Waals surface area contributed by atoms with Crippen LogP contribution in [0, 0.1) is 0 Å². The van der Waals surface area contributed by atoms with Crippen LogP contribution in [-0.4, -0.2) is 55.3 Å². The molecule has 4 heterocycles. The third kappa shape index (κ3) is 2.22. The number of hydrogen-bond donors (Lipinski definition) is 3. The number of H-pyrrole nitrogens is 1. The van der Waals surface area contributed by atoms with E-state index in [4.69, 9.17) is 19.9 Å². The van der Waals surface area contributed by atoms with E-state index in [0.717, 1.165) is 0 Å². The van der Waals surface area contributed by atoms with E-state index in [1.807, 2.05) is 0 Å². The van der Waals surface area contributed by atoms with Gasteiger partial charge in [-0.05, 0) is 13.8 Å². The number of aliphatic hydroxyl groups excluding tert-OH is 1. The lowest BCUT2D eigenvalue weighted by atomic mass is 10.1. The van der Waals surface area contributed by atoms with Crippen molar-refractivity contribution in [1.82, 2.24) is 19.5 Å². The highest BCUT2D eigenvalue weighted by Gasteiger charge is 2.51. The third-order valence-electron chi connectivity index (χ3n) is 4.05. The normalized spacial score (nSPS) is 33.0. The smallest absolute Gasteiger partial charge is 0.280 e. The van der Waals surface area contributed by atoms with Crippen LogP contribution in [0.15, 0.2) is 11.1 Å². The van der Waals surface area contributed by atoms with E-state index in [1.165, 1.54) is 10.9 Å². The maximum absolute atomic E-state index is 11.8. The highest BCUT2D eigenvalue weighted by Crippen LogP contribution is 2.38. The number of ether oxygens (including phenoxy) is 3. The molecule has 2 aliphatic rings. The Bertz CT molecular complexity index is 815. The first-order valence-corrected chi connectivity index (χ1v) is 7.23. The van der Waals surface area contributed by atoms with Gasteiger partial charge in [0.15, 0.2) is 23.2 Å². The lowest BCUT2D eigenvalue weighted by Gasteiger charge is -2.37. The average molecular weight is 323 g/mol. The number of nitrogens with one attached hydrogen (secondary N) is 1. The first-order valence-electron chi connectivity index (χ1n) is 7.23. The summed E-state index contributed by atoms with van der Waals surface area (Å²) >= 11 is 0. The second kappa shape index (κ2) is 4.74. The Morgan fingerprint density at radius 1 is 1.52 bits per heavy atom. The van der Waals surface area contributed by atoms with E-state index in [0.29, 0.717) is 6.61 Å². The average Bonchev–Trinajstić information content (AvgIpc) is 3.00. The molecule has 23 heavy (non-hydrogen) atoms. The van der Waals surface area contributed by atoms with E-state index in [2.05, 4.69) is 15.0 Å². The van der Waals surface area contributed by atoms with Gasteiger partial charge in [-0.3, -0.25) is 14.3 Å². The fraction of sp³-hybridized carbons (Fsp3) is 0.615. The van der Waals surface area contributed by atoms with Crippen molar-refractivity contribution in [2.24, 2.45) is 0 Å². The minimum atomic E-state index is -0.956. The molecule has 2 aromatic heterocycles. The fourth-order valence-corrected chi connectivity index (χ4v) is 3.00. The Balaban J connectivity index is 1.73. The highest BCUT2D eigenvalue weighted by atomic mass is 16.7. The van der Waals surface area contributed by atoms with Crippen molar-refractivity contribution < 1.29 is 19.3 Å². The summed E-state index contributed by atoms with van der Waals surface area (Å²) in [4.78, 5) is 22.3. The number of anilines is 1. The zero-order valence-electron chi connectivity index (χ0n) is 12.6. The zero-order chi connectivity index (χ0) is 16.4. The van der Waals surface area contributed by atoms with Crippen molar-refractivity contribution in [1.29, 1.82) is 0 Å². The molecule has 2 fully saturated rings. The van der Waals surface area contributed by atoms with Crippen LogP contribution in [-0.2, 0) is 14.2 Å². The lowest BCUT2D eigenvalue weighted by molar-refractivity contribution is -0.300. The molecule has 10 nitrogen and oxygen atoms in total. The predicted octanol–water partition coefficient (Wildman–Crippen LogP) is -0.888. The molecule has 0 aromatic carbocycles. The van der Waals surface area contributed by atoms with Crippen LogP contribution in [0.4, 0.5) is 5.95 Å². The Hall–Kier alpha value is -2.01. The Morgan fingerprint density at radius 3 is 3.09 bits per heavy atom. The van der Waals surface area contributed by atoms with E-state index in [9.17, 15) is 9.90 Å². The summed E-state index contributed by atoms with van der Waals surface area (Å²) in [5.74, 6) is -0.827. The zero-order valence-corrected chi connectivity index (χ0v) is 12.6. The van der Waals surface area contributed by atoms with Gasteiger partial charge in [0.25, 0.3) is 5.56 Å². The van der Waals surface area contributed by atoms with Crippen LogP contribution in [0.5, 0.6) is 0 Å². The maximum Gasteiger partial charge on any atom is 0.280 e. The number of nitrogen functional groups attached to an aromatic ring is 1.